The number of phenols is 1. The van der Waals surface area contributed by atoms with Crippen LogP contribution in [0.1, 0.15) is 21.6 Å². The molecule has 2 N–H and O–H groups in total. The molecule has 0 atom stereocenters. The van der Waals surface area contributed by atoms with Gasteiger partial charge in [-0.25, -0.2) is 0 Å². The highest BCUT2D eigenvalue weighted by Gasteiger charge is 2.12. The van der Waals surface area contributed by atoms with Crippen LogP contribution in [0.15, 0.2) is 85.1 Å². The van der Waals surface area contributed by atoms with Crippen molar-refractivity contribution in [1.29, 1.82) is 0 Å². The summed E-state index contributed by atoms with van der Waals surface area (Å²) in [6, 6.07) is 22.0. The van der Waals surface area contributed by atoms with Gasteiger partial charge in [-0.15, -0.1) is 10.2 Å². The summed E-state index contributed by atoms with van der Waals surface area (Å²) in [4.78, 5) is 17.1. The Morgan fingerprint density at radius 2 is 1.82 bits per heavy atom. The van der Waals surface area contributed by atoms with Gasteiger partial charge in [-0.05, 0) is 58.6 Å². The molecule has 0 aliphatic carbocycles. The number of nitrogens with zero attached hydrogens (tertiary/aromatic N) is 4. The van der Waals surface area contributed by atoms with Crippen molar-refractivity contribution >= 4 is 22.6 Å². The molecule has 5 rings (SSSR count). The maximum absolute atomic E-state index is 12.6. The van der Waals surface area contributed by atoms with Crippen molar-refractivity contribution in [1.82, 2.24) is 25.6 Å². The van der Waals surface area contributed by atoms with E-state index in [0.29, 0.717) is 23.7 Å². The summed E-state index contributed by atoms with van der Waals surface area (Å²) in [5, 5.41) is 26.0. The van der Waals surface area contributed by atoms with E-state index < -0.39 is 0 Å². The number of carbonyl (C=O) groups excluding carboxylic acids is 1. The topological polar surface area (TPSA) is 114 Å². The molecule has 0 bridgehead atoms. The molecule has 166 valence electrons. The maximum atomic E-state index is 12.6. The van der Waals surface area contributed by atoms with Crippen molar-refractivity contribution in [2.24, 2.45) is 0 Å². The fourth-order valence-electron chi connectivity index (χ4n) is 3.46. The van der Waals surface area contributed by atoms with E-state index in [0.717, 1.165) is 22.0 Å². The van der Waals surface area contributed by atoms with Crippen LogP contribution in [0.2, 0.25) is 0 Å². The molecular formula is C26H19N5O3. The number of nitrogens with one attached hydrogen (secondary N) is 1. The molecule has 0 radical (unpaired) electrons. The quantitative estimate of drug-likeness (QED) is 0.276. The van der Waals surface area contributed by atoms with Crippen LogP contribution in [0.3, 0.4) is 0 Å². The number of H-pyrrole nitrogens is 1. The van der Waals surface area contributed by atoms with E-state index in [-0.39, 0.29) is 17.1 Å². The number of benzene rings is 3. The summed E-state index contributed by atoms with van der Waals surface area (Å²) in [6.45, 7) is 0.356. The van der Waals surface area contributed by atoms with Gasteiger partial charge >= 0.3 is 0 Å². The summed E-state index contributed by atoms with van der Waals surface area (Å²) in [7, 11) is 0. The van der Waals surface area contributed by atoms with Gasteiger partial charge in [-0.1, -0.05) is 42.5 Å². The number of aromatic nitrogens is 5. The number of carbonyl (C=O) groups is 1. The fraction of sp³-hybridized carbons (Fsp3) is 0.0385. The highest BCUT2D eigenvalue weighted by atomic mass is 16.5. The van der Waals surface area contributed by atoms with E-state index >= 15 is 0 Å². The molecule has 2 aromatic heterocycles. The van der Waals surface area contributed by atoms with Gasteiger partial charge in [-0.2, -0.15) is 5.21 Å². The molecule has 8 heteroatoms. The molecule has 3 aromatic carbocycles. The Morgan fingerprint density at radius 3 is 2.62 bits per heavy atom. The molecular weight excluding hydrogens is 430 g/mol. The van der Waals surface area contributed by atoms with Gasteiger partial charge < -0.3 is 9.84 Å². The molecule has 8 nitrogen and oxygen atoms in total. The second-order valence-electron chi connectivity index (χ2n) is 7.55. The summed E-state index contributed by atoms with van der Waals surface area (Å²) in [6.07, 6.45) is 4.93. The van der Waals surface area contributed by atoms with E-state index in [2.05, 4.69) is 25.6 Å². The van der Waals surface area contributed by atoms with Gasteiger partial charge in [0.15, 0.2) is 5.78 Å². The molecule has 0 spiro atoms. The second kappa shape index (κ2) is 9.33. The molecule has 0 fully saturated rings. The number of ether oxygens (including phenoxy) is 1. The van der Waals surface area contributed by atoms with Gasteiger partial charge in [0.1, 0.15) is 18.1 Å². The Kier molecular flexibility index (Phi) is 5.77. The lowest BCUT2D eigenvalue weighted by atomic mass is 10.0. The number of hydrogen-bond acceptors (Lipinski definition) is 7. The number of tetrazole rings is 1. The number of phenolic OH excluding ortho intramolecular Hbond substituents is 1. The third-order valence-electron chi connectivity index (χ3n) is 5.25. The number of allylic oxidation sites excluding steroid dienone is 1. The predicted octanol–water partition coefficient (Wildman–Crippen LogP) is 4.60. The number of rotatable bonds is 7. The van der Waals surface area contributed by atoms with Crippen LogP contribution in [-0.4, -0.2) is 36.5 Å². The van der Waals surface area contributed by atoms with Crippen molar-refractivity contribution in [3.8, 4) is 22.9 Å². The molecule has 34 heavy (non-hydrogen) atoms. The fourth-order valence-corrected chi connectivity index (χ4v) is 3.46. The minimum Gasteiger partial charge on any atom is -0.507 e. The number of fused-ring (bicyclic) bond motifs is 1. The highest BCUT2D eigenvalue weighted by molar-refractivity contribution is 6.09. The molecule has 2 heterocycles. The van der Waals surface area contributed by atoms with Crippen molar-refractivity contribution in [3.63, 3.8) is 0 Å². The van der Waals surface area contributed by atoms with E-state index in [1.54, 1.807) is 12.1 Å². The monoisotopic (exact) mass is 449 g/mol. The van der Waals surface area contributed by atoms with Gasteiger partial charge in [0, 0.05) is 17.1 Å². The van der Waals surface area contributed by atoms with Crippen LogP contribution in [0.4, 0.5) is 0 Å². The minimum atomic E-state index is -0.342. The Balaban J connectivity index is 1.23. The normalized spacial score (nSPS) is 11.2. The van der Waals surface area contributed by atoms with Crippen LogP contribution in [-0.2, 0) is 6.61 Å². The van der Waals surface area contributed by atoms with Crippen molar-refractivity contribution < 1.29 is 14.6 Å². The van der Waals surface area contributed by atoms with Crippen molar-refractivity contribution in [2.75, 3.05) is 0 Å². The SMILES string of the molecule is O=C(/C=C/c1ccc(OCc2cc3ccccc3cn2)cc1)c1cc(-c2nn[nH]n2)ccc1O. The zero-order valence-corrected chi connectivity index (χ0v) is 17.9. The lowest BCUT2D eigenvalue weighted by molar-refractivity contribution is 0.104. The largest absolute Gasteiger partial charge is 0.507 e. The summed E-state index contributed by atoms with van der Waals surface area (Å²) in [5.74, 6) is 0.579. The predicted molar refractivity (Wildman–Crippen MR) is 127 cm³/mol. The smallest absolute Gasteiger partial charge is 0.204 e. The maximum Gasteiger partial charge on any atom is 0.204 e. The zero-order chi connectivity index (χ0) is 23.3. The molecule has 0 aliphatic heterocycles. The lowest BCUT2D eigenvalue weighted by Gasteiger charge is -2.07. The number of ketones is 1. The number of aromatic hydroxyl groups is 1. The third-order valence-corrected chi connectivity index (χ3v) is 5.25. The molecule has 0 unspecified atom stereocenters. The summed E-state index contributed by atoms with van der Waals surface area (Å²) >= 11 is 0. The van der Waals surface area contributed by atoms with Gasteiger partial charge in [0.25, 0.3) is 0 Å². The highest BCUT2D eigenvalue weighted by Crippen LogP contribution is 2.24. The van der Waals surface area contributed by atoms with Crippen LogP contribution < -0.4 is 4.74 Å². The Bertz CT molecular complexity index is 1480. The average molecular weight is 449 g/mol. The van der Waals surface area contributed by atoms with E-state index in [1.165, 1.54) is 18.2 Å². The van der Waals surface area contributed by atoms with Crippen molar-refractivity contribution in [2.45, 2.75) is 6.61 Å². The second-order valence-corrected chi connectivity index (χ2v) is 7.55. The molecule has 0 saturated heterocycles. The van der Waals surface area contributed by atoms with E-state index in [4.69, 9.17) is 4.74 Å². The molecule has 5 aromatic rings. The van der Waals surface area contributed by atoms with Crippen LogP contribution in [0.5, 0.6) is 11.5 Å². The third kappa shape index (κ3) is 4.66. The van der Waals surface area contributed by atoms with E-state index in [1.807, 2.05) is 60.8 Å². The standard InChI is InChI=1S/C26H19N5O3/c32-24(23-14-19(8-12-25(23)33)26-28-30-31-29-26)11-7-17-5-9-22(10-6-17)34-16-21-13-18-3-1-2-4-20(18)15-27-21/h1-15,33H,16H2,(H,28,29,30,31)/b11-7+. The summed E-state index contributed by atoms with van der Waals surface area (Å²) < 4.78 is 5.85. The number of aromatic amines is 1. The average Bonchev–Trinajstić information content (AvgIpc) is 3.42. The zero-order valence-electron chi connectivity index (χ0n) is 17.9. The first-order valence-corrected chi connectivity index (χ1v) is 10.5. The Labute approximate surface area is 194 Å². The van der Waals surface area contributed by atoms with Crippen LogP contribution in [0, 0.1) is 0 Å². The van der Waals surface area contributed by atoms with Gasteiger partial charge in [-0.3, -0.25) is 9.78 Å². The lowest BCUT2D eigenvalue weighted by Crippen LogP contribution is -1.98. The molecule has 0 amide bonds. The van der Waals surface area contributed by atoms with Gasteiger partial charge in [0.05, 0.1) is 11.3 Å². The first kappa shape index (κ1) is 21.0. The van der Waals surface area contributed by atoms with Crippen LogP contribution >= 0.6 is 0 Å². The molecule has 0 saturated carbocycles. The minimum absolute atomic E-state index is 0.118. The Morgan fingerprint density at radius 1 is 1.00 bits per heavy atom. The Hall–Kier alpha value is -4.85. The summed E-state index contributed by atoms with van der Waals surface area (Å²) in [5.41, 5.74) is 2.39. The number of pyridine rings is 1. The molecule has 0 aliphatic rings. The van der Waals surface area contributed by atoms with Crippen molar-refractivity contribution in [3.05, 3.63) is 102 Å². The van der Waals surface area contributed by atoms with Crippen LogP contribution in [0.25, 0.3) is 28.2 Å². The number of hydrogen-bond donors (Lipinski definition) is 2. The van der Waals surface area contributed by atoms with Gasteiger partial charge in [0.2, 0.25) is 5.82 Å². The van der Waals surface area contributed by atoms with E-state index in [9.17, 15) is 9.90 Å². The first-order valence-electron chi connectivity index (χ1n) is 10.5. The first-order chi connectivity index (χ1) is 16.7.